The number of thiophene rings is 2. The number of nitrogens with zero attached hydrogens (tertiary/aromatic N) is 1. The summed E-state index contributed by atoms with van der Waals surface area (Å²) in [6.45, 7) is 2.00. The summed E-state index contributed by atoms with van der Waals surface area (Å²) in [6.07, 6.45) is 5.67. The van der Waals surface area contributed by atoms with Crippen LogP contribution < -0.4 is 15.0 Å². The molecule has 1 saturated carbocycles. The first-order chi connectivity index (χ1) is 16.1. The molecule has 1 aromatic carbocycles. The quantitative estimate of drug-likeness (QED) is 0.435. The fraction of sp³-hybridized carbons (Fsp3) is 0.385. The van der Waals surface area contributed by atoms with E-state index in [1.165, 1.54) is 17.8 Å². The lowest BCUT2D eigenvalue weighted by Gasteiger charge is -2.33. The molecule has 33 heavy (non-hydrogen) atoms. The highest BCUT2D eigenvalue weighted by molar-refractivity contribution is 7.10. The molecule has 0 unspecified atom stereocenters. The van der Waals surface area contributed by atoms with Gasteiger partial charge in [0.05, 0.1) is 19.2 Å². The SMILES string of the molecule is COc1ccccc1N(C(=O)Cc1cccs1)[C@H](C(=O)NC1CCCCC1)c1sccc1C. The normalized spacial score (nSPS) is 15.1. The number of carbonyl (C=O) groups excluding carboxylic acids is 2. The second-order valence-electron chi connectivity index (χ2n) is 8.41. The van der Waals surface area contributed by atoms with Crippen LogP contribution in [0.15, 0.2) is 53.2 Å². The summed E-state index contributed by atoms with van der Waals surface area (Å²) in [5.41, 5.74) is 1.62. The molecule has 2 aromatic heterocycles. The minimum Gasteiger partial charge on any atom is -0.495 e. The van der Waals surface area contributed by atoms with Gasteiger partial charge in [0.2, 0.25) is 11.8 Å². The third-order valence-electron chi connectivity index (χ3n) is 6.13. The third kappa shape index (κ3) is 5.47. The monoisotopic (exact) mass is 482 g/mol. The molecule has 4 rings (SSSR count). The summed E-state index contributed by atoms with van der Waals surface area (Å²) in [5.74, 6) is 0.318. The predicted molar refractivity (Wildman–Crippen MR) is 135 cm³/mol. The number of rotatable bonds is 8. The number of hydrogen-bond donors (Lipinski definition) is 1. The van der Waals surface area contributed by atoms with Crippen LogP contribution in [0.3, 0.4) is 0 Å². The van der Waals surface area contributed by atoms with Gasteiger partial charge in [-0.1, -0.05) is 37.5 Å². The Morgan fingerprint density at radius 3 is 2.52 bits per heavy atom. The van der Waals surface area contributed by atoms with Crippen molar-refractivity contribution in [2.24, 2.45) is 0 Å². The van der Waals surface area contributed by atoms with E-state index in [2.05, 4.69) is 5.32 Å². The molecule has 0 saturated heterocycles. The van der Waals surface area contributed by atoms with Gasteiger partial charge >= 0.3 is 0 Å². The molecule has 1 aliphatic carbocycles. The van der Waals surface area contributed by atoms with Gasteiger partial charge in [-0.25, -0.2) is 0 Å². The Bertz CT molecular complexity index is 1070. The number of hydrogen-bond acceptors (Lipinski definition) is 5. The van der Waals surface area contributed by atoms with Crippen molar-refractivity contribution < 1.29 is 14.3 Å². The van der Waals surface area contributed by atoms with E-state index in [-0.39, 0.29) is 24.3 Å². The van der Waals surface area contributed by atoms with E-state index in [9.17, 15) is 9.59 Å². The van der Waals surface area contributed by atoms with Crippen LogP contribution in [-0.4, -0.2) is 25.0 Å². The van der Waals surface area contributed by atoms with E-state index in [0.29, 0.717) is 11.4 Å². The van der Waals surface area contributed by atoms with Crippen molar-refractivity contribution in [1.82, 2.24) is 5.32 Å². The minimum absolute atomic E-state index is 0.126. The number of nitrogens with one attached hydrogen (secondary N) is 1. The minimum atomic E-state index is -0.754. The number of anilines is 1. The van der Waals surface area contributed by atoms with Crippen LogP contribution >= 0.6 is 22.7 Å². The van der Waals surface area contributed by atoms with Crippen molar-refractivity contribution in [3.05, 3.63) is 68.5 Å². The van der Waals surface area contributed by atoms with Gasteiger partial charge in [-0.05, 0) is 60.4 Å². The maximum Gasteiger partial charge on any atom is 0.248 e. The first-order valence-electron chi connectivity index (χ1n) is 11.4. The lowest BCUT2D eigenvalue weighted by atomic mass is 9.95. The molecule has 2 heterocycles. The summed E-state index contributed by atoms with van der Waals surface area (Å²) in [7, 11) is 1.59. The lowest BCUT2D eigenvalue weighted by Crippen LogP contribution is -2.47. The highest BCUT2D eigenvalue weighted by atomic mass is 32.1. The fourth-order valence-corrected chi connectivity index (χ4v) is 6.15. The zero-order valence-electron chi connectivity index (χ0n) is 19.1. The van der Waals surface area contributed by atoms with Crippen LogP contribution in [0.25, 0.3) is 0 Å². The van der Waals surface area contributed by atoms with E-state index in [1.54, 1.807) is 23.3 Å². The second kappa shape index (κ2) is 11.0. The van der Waals surface area contributed by atoms with Gasteiger partial charge in [0.25, 0.3) is 0 Å². The number of methoxy groups -OCH3 is 1. The van der Waals surface area contributed by atoms with Crippen molar-refractivity contribution >= 4 is 40.2 Å². The maximum atomic E-state index is 13.8. The van der Waals surface area contributed by atoms with Gasteiger partial charge in [-0.15, -0.1) is 22.7 Å². The van der Waals surface area contributed by atoms with Gasteiger partial charge in [-0.3, -0.25) is 14.5 Å². The molecule has 5 nitrogen and oxygen atoms in total. The summed E-state index contributed by atoms with van der Waals surface area (Å²) in [5, 5.41) is 7.22. The highest BCUT2D eigenvalue weighted by Gasteiger charge is 2.37. The van der Waals surface area contributed by atoms with Crippen molar-refractivity contribution in [3.63, 3.8) is 0 Å². The van der Waals surface area contributed by atoms with E-state index in [0.717, 1.165) is 41.0 Å². The molecule has 1 fully saturated rings. The average Bonchev–Trinajstić information content (AvgIpc) is 3.49. The lowest BCUT2D eigenvalue weighted by molar-refractivity contribution is -0.127. The summed E-state index contributed by atoms with van der Waals surface area (Å²) < 4.78 is 5.62. The van der Waals surface area contributed by atoms with Crippen LogP contribution in [0, 0.1) is 6.92 Å². The van der Waals surface area contributed by atoms with Crippen LogP contribution in [-0.2, 0) is 16.0 Å². The molecule has 1 aliphatic rings. The average molecular weight is 483 g/mol. The van der Waals surface area contributed by atoms with Gasteiger partial charge < -0.3 is 10.1 Å². The topological polar surface area (TPSA) is 58.6 Å². The van der Waals surface area contributed by atoms with E-state index in [1.807, 2.05) is 60.1 Å². The summed E-state index contributed by atoms with van der Waals surface area (Å²) in [4.78, 5) is 31.2. The van der Waals surface area contributed by atoms with Crippen LogP contribution in [0.1, 0.15) is 53.5 Å². The molecule has 0 radical (unpaired) electrons. The molecule has 0 spiro atoms. The molecule has 0 bridgehead atoms. The van der Waals surface area contributed by atoms with E-state index >= 15 is 0 Å². The first kappa shape index (κ1) is 23.5. The molecular weight excluding hydrogens is 452 g/mol. The van der Waals surface area contributed by atoms with Crippen LogP contribution in [0.2, 0.25) is 0 Å². The van der Waals surface area contributed by atoms with Crippen LogP contribution in [0.4, 0.5) is 5.69 Å². The number of ether oxygens (including phenoxy) is 1. The Morgan fingerprint density at radius 1 is 1.06 bits per heavy atom. The van der Waals surface area contributed by atoms with Gasteiger partial charge in [0, 0.05) is 15.8 Å². The Balaban J connectivity index is 1.77. The van der Waals surface area contributed by atoms with Crippen molar-refractivity contribution in [3.8, 4) is 5.75 Å². The number of para-hydroxylation sites is 2. The molecule has 1 atom stereocenters. The standard InChI is InChI=1S/C26H30N2O3S2/c1-18-14-16-33-25(18)24(26(30)27-19-9-4-3-5-10-19)28(21-12-6-7-13-22(21)31-2)23(29)17-20-11-8-15-32-20/h6-8,11-16,19,24H,3-5,9-10,17H2,1-2H3,(H,27,30)/t24-/m0/s1. The van der Waals surface area contributed by atoms with Crippen molar-refractivity contribution in [2.75, 3.05) is 12.0 Å². The van der Waals surface area contributed by atoms with Crippen LogP contribution in [0.5, 0.6) is 5.75 Å². The molecular formula is C26H30N2O3S2. The van der Waals surface area contributed by atoms with Crippen molar-refractivity contribution in [1.29, 1.82) is 0 Å². The maximum absolute atomic E-state index is 13.8. The number of carbonyl (C=O) groups is 2. The third-order valence-corrected chi connectivity index (χ3v) is 8.07. The Labute approximate surface area is 203 Å². The molecule has 2 amide bonds. The zero-order valence-corrected chi connectivity index (χ0v) is 20.7. The smallest absolute Gasteiger partial charge is 0.248 e. The van der Waals surface area contributed by atoms with Gasteiger partial charge in [-0.2, -0.15) is 0 Å². The molecule has 1 N–H and O–H groups in total. The van der Waals surface area contributed by atoms with Gasteiger partial charge in [0.1, 0.15) is 5.75 Å². The molecule has 174 valence electrons. The summed E-state index contributed by atoms with van der Waals surface area (Å²) in [6, 6.07) is 12.7. The fourth-order valence-electron chi connectivity index (χ4n) is 4.44. The second-order valence-corrected chi connectivity index (χ2v) is 10.4. The Morgan fingerprint density at radius 2 is 1.85 bits per heavy atom. The molecule has 3 aromatic rings. The Hall–Kier alpha value is -2.64. The largest absolute Gasteiger partial charge is 0.495 e. The number of aryl methyl sites for hydroxylation is 1. The van der Waals surface area contributed by atoms with E-state index < -0.39 is 6.04 Å². The van der Waals surface area contributed by atoms with E-state index in [4.69, 9.17) is 4.74 Å². The first-order valence-corrected chi connectivity index (χ1v) is 13.2. The van der Waals surface area contributed by atoms with Gasteiger partial charge in [0.15, 0.2) is 6.04 Å². The van der Waals surface area contributed by atoms with Crippen molar-refractivity contribution in [2.45, 2.75) is 57.5 Å². The number of benzene rings is 1. The molecule has 0 aliphatic heterocycles. The Kier molecular flexibility index (Phi) is 7.83. The zero-order chi connectivity index (χ0) is 23.2. The number of amides is 2. The highest BCUT2D eigenvalue weighted by Crippen LogP contribution is 2.38. The summed E-state index contributed by atoms with van der Waals surface area (Å²) >= 11 is 3.06. The molecule has 7 heteroatoms. The predicted octanol–water partition coefficient (Wildman–Crippen LogP) is 5.89.